The van der Waals surface area contributed by atoms with Crippen molar-refractivity contribution >= 4 is 11.9 Å². The fraction of sp³-hybridized carbons (Fsp3) is 0.800. The number of hydrogen-bond acceptors (Lipinski definition) is 5. The molecule has 1 fully saturated rings. The number of carboxylic acids is 1. The van der Waals surface area contributed by atoms with Crippen molar-refractivity contribution in [2.45, 2.75) is 38.5 Å². The first kappa shape index (κ1) is 12.9. The molecule has 1 heterocycles. The molecule has 16 heavy (non-hydrogen) atoms. The van der Waals surface area contributed by atoms with E-state index >= 15 is 0 Å². The number of nitrogens with one attached hydrogen (secondary N) is 1. The molecule has 92 valence electrons. The highest BCUT2D eigenvalue weighted by Gasteiger charge is 2.40. The van der Waals surface area contributed by atoms with Gasteiger partial charge in [0.15, 0.2) is 0 Å². The van der Waals surface area contributed by atoms with Gasteiger partial charge in [-0.05, 0) is 20.8 Å². The predicted molar refractivity (Wildman–Crippen MR) is 55.0 cm³/mol. The van der Waals surface area contributed by atoms with Gasteiger partial charge in [0.05, 0.1) is 13.2 Å². The Morgan fingerprint density at radius 1 is 1.56 bits per heavy atom. The van der Waals surface area contributed by atoms with Crippen LogP contribution in [0.2, 0.25) is 0 Å². The van der Waals surface area contributed by atoms with E-state index in [-0.39, 0.29) is 12.6 Å². The lowest BCUT2D eigenvalue weighted by Crippen LogP contribution is -2.46. The van der Waals surface area contributed by atoms with Gasteiger partial charge in [0.1, 0.15) is 17.7 Å². The fourth-order valence-corrected chi connectivity index (χ4v) is 1.18. The molecule has 1 aliphatic heterocycles. The van der Waals surface area contributed by atoms with Crippen LogP contribution in [0.3, 0.4) is 0 Å². The third-order valence-corrected chi connectivity index (χ3v) is 1.86. The number of ether oxygens (including phenoxy) is 2. The third-order valence-electron chi connectivity index (χ3n) is 1.86. The zero-order valence-corrected chi connectivity index (χ0v) is 9.65. The van der Waals surface area contributed by atoms with E-state index in [0.29, 0.717) is 6.61 Å². The Labute approximate surface area is 93.9 Å². The number of epoxide rings is 1. The summed E-state index contributed by atoms with van der Waals surface area (Å²) in [6, 6.07) is -0.699. The van der Waals surface area contributed by atoms with Crippen molar-refractivity contribution < 1.29 is 24.2 Å². The van der Waals surface area contributed by atoms with Gasteiger partial charge < -0.3 is 14.6 Å². The maximum absolute atomic E-state index is 11.7. The molecule has 6 nitrogen and oxygen atoms in total. The van der Waals surface area contributed by atoms with Crippen LogP contribution < -0.4 is 5.32 Å². The minimum Gasteiger partial charge on any atom is -0.480 e. The molecule has 0 radical (unpaired) electrons. The first-order valence-corrected chi connectivity index (χ1v) is 5.09. The zero-order chi connectivity index (χ0) is 12.3. The van der Waals surface area contributed by atoms with Gasteiger partial charge in [0.2, 0.25) is 0 Å². The van der Waals surface area contributed by atoms with Crippen LogP contribution in [0.25, 0.3) is 0 Å². The number of rotatable bonds is 5. The molecular weight excluding hydrogens is 214 g/mol. The molecule has 0 aliphatic carbocycles. The van der Waals surface area contributed by atoms with Gasteiger partial charge in [0, 0.05) is 0 Å². The summed E-state index contributed by atoms with van der Waals surface area (Å²) in [6.45, 7) is 5.44. The van der Waals surface area contributed by atoms with Crippen LogP contribution in [-0.4, -0.2) is 47.9 Å². The topological polar surface area (TPSA) is 88.2 Å². The normalized spacial score (nSPS) is 21.3. The quantitative estimate of drug-likeness (QED) is 0.502. The Morgan fingerprint density at radius 3 is 2.50 bits per heavy atom. The van der Waals surface area contributed by atoms with E-state index in [1.807, 2.05) is 0 Å². The number of carbonyl (C=O) groups excluding carboxylic acids is 1. The van der Waals surface area contributed by atoms with Gasteiger partial charge in [0.25, 0.3) is 0 Å². The number of esters is 1. The highest BCUT2D eigenvalue weighted by Crippen LogP contribution is 2.18. The lowest BCUT2D eigenvalue weighted by atomic mass is 10.1. The summed E-state index contributed by atoms with van der Waals surface area (Å²) in [7, 11) is 0. The molecule has 1 saturated heterocycles. The van der Waals surface area contributed by atoms with Crippen LogP contribution in [0, 0.1) is 0 Å². The smallest absolute Gasteiger partial charge is 0.326 e. The third kappa shape index (κ3) is 4.59. The molecule has 0 aromatic rings. The number of carbonyl (C=O) groups is 2. The fourth-order valence-electron chi connectivity index (χ4n) is 1.18. The zero-order valence-electron chi connectivity index (χ0n) is 9.65. The van der Waals surface area contributed by atoms with Crippen molar-refractivity contribution in [1.29, 1.82) is 0 Å². The molecule has 0 aromatic heterocycles. The lowest BCUT2D eigenvalue weighted by molar-refractivity contribution is -0.158. The van der Waals surface area contributed by atoms with Crippen molar-refractivity contribution in [1.82, 2.24) is 5.32 Å². The van der Waals surface area contributed by atoms with Crippen LogP contribution in [0.1, 0.15) is 20.8 Å². The summed E-state index contributed by atoms with van der Waals surface area (Å²) < 4.78 is 10.1. The molecule has 0 bridgehead atoms. The van der Waals surface area contributed by atoms with Crippen molar-refractivity contribution in [3.05, 3.63) is 0 Å². The Bertz CT molecular complexity index is 279. The second-order valence-electron chi connectivity index (χ2n) is 4.66. The molecule has 0 saturated carbocycles. The standard InChI is InChI=1S/C10H17NO5/c1-10(2,3)16-9(14)8(6-5-15-6)11-4-7(12)13/h6,8,11H,4-5H2,1-3H3,(H,12,13). The van der Waals surface area contributed by atoms with Crippen LogP contribution in [0.4, 0.5) is 0 Å². The van der Waals surface area contributed by atoms with E-state index in [2.05, 4.69) is 5.32 Å². The largest absolute Gasteiger partial charge is 0.480 e. The minimum atomic E-state index is -1.02. The second-order valence-corrected chi connectivity index (χ2v) is 4.66. The van der Waals surface area contributed by atoms with Crippen LogP contribution in [-0.2, 0) is 19.1 Å². The predicted octanol–water partition coefficient (Wildman–Crippen LogP) is -0.230. The second kappa shape index (κ2) is 4.80. The van der Waals surface area contributed by atoms with E-state index in [1.165, 1.54) is 0 Å². The Kier molecular flexibility index (Phi) is 3.88. The first-order valence-electron chi connectivity index (χ1n) is 5.09. The maximum atomic E-state index is 11.7. The summed E-state index contributed by atoms with van der Waals surface area (Å²) in [5.41, 5.74) is -0.588. The SMILES string of the molecule is CC(C)(C)OC(=O)C(NCC(=O)O)C1CO1. The average Bonchev–Trinajstić information content (AvgIpc) is 2.84. The summed E-state index contributed by atoms with van der Waals surface area (Å²) in [6.07, 6.45) is -0.269. The number of aliphatic carboxylic acids is 1. The van der Waals surface area contributed by atoms with Gasteiger partial charge in [-0.15, -0.1) is 0 Å². The van der Waals surface area contributed by atoms with Gasteiger partial charge in [-0.25, -0.2) is 0 Å². The van der Waals surface area contributed by atoms with Gasteiger partial charge >= 0.3 is 11.9 Å². The average molecular weight is 231 g/mol. The molecule has 1 rings (SSSR count). The van der Waals surface area contributed by atoms with Crippen molar-refractivity contribution in [3.8, 4) is 0 Å². The van der Waals surface area contributed by atoms with E-state index in [1.54, 1.807) is 20.8 Å². The molecule has 0 amide bonds. The number of carboxylic acid groups (broad SMARTS) is 1. The van der Waals surface area contributed by atoms with E-state index in [4.69, 9.17) is 14.6 Å². The van der Waals surface area contributed by atoms with Gasteiger partial charge in [-0.2, -0.15) is 0 Å². The minimum absolute atomic E-state index is 0.269. The Hall–Kier alpha value is -1.14. The maximum Gasteiger partial charge on any atom is 0.326 e. The Balaban J connectivity index is 2.49. The molecule has 2 atom stereocenters. The summed E-state index contributed by atoms with van der Waals surface area (Å²) in [5, 5.41) is 11.1. The molecule has 0 spiro atoms. The van der Waals surface area contributed by atoms with Crippen molar-refractivity contribution in [2.75, 3.05) is 13.2 Å². The van der Waals surface area contributed by atoms with Crippen molar-refractivity contribution in [3.63, 3.8) is 0 Å². The van der Waals surface area contributed by atoms with E-state index in [0.717, 1.165) is 0 Å². The molecule has 1 aliphatic rings. The van der Waals surface area contributed by atoms with Gasteiger partial charge in [-0.1, -0.05) is 0 Å². The summed E-state index contributed by atoms with van der Waals surface area (Å²) in [5.74, 6) is -1.49. The van der Waals surface area contributed by atoms with Crippen LogP contribution in [0.15, 0.2) is 0 Å². The number of hydrogen-bond donors (Lipinski definition) is 2. The monoisotopic (exact) mass is 231 g/mol. The highest BCUT2D eigenvalue weighted by molar-refractivity contribution is 5.78. The highest BCUT2D eigenvalue weighted by atomic mass is 16.6. The molecule has 2 unspecified atom stereocenters. The van der Waals surface area contributed by atoms with Crippen LogP contribution in [0.5, 0.6) is 0 Å². The summed E-state index contributed by atoms with van der Waals surface area (Å²) >= 11 is 0. The Morgan fingerprint density at radius 2 is 2.12 bits per heavy atom. The molecule has 2 N–H and O–H groups in total. The van der Waals surface area contributed by atoms with Crippen LogP contribution >= 0.6 is 0 Å². The first-order chi connectivity index (χ1) is 7.29. The lowest BCUT2D eigenvalue weighted by Gasteiger charge is -2.23. The molecule has 0 aromatic carbocycles. The summed E-state index contributed by atoms with van der Waals surface area (Å²) in [4.78, 5) is 22.1. The molecular formula is C10H17NO5. The van der Waals surface area contributed by atoms with Gasteiger partial charge in [-0.3, -0.25) is 14.9 Å². The molecule has 6 heteroatoms. The van der Waals surface area contributed by atoms with E-state index < -0.39 is 23.6 Å². The van der Waals surface area contributed by atoms with E-state index in [9.17, 15) is 9.59 Å². The van der Waals surface area contributed by atoms with Crippen molar-refractivity contribution in [2.24, 2.45) is 0 Å².